The van der Waals surface area contributed by atoms with Crippen LogP contribution in [0.3, 0.4) is 0 Å². The fourth-order valence-electron chi connectivity index (χ4n) is 0. The largest absolute Gasteiger partial charge is 0.359 e. The molecule has 0 aromatic rings. The van der Waals surface area contributed by atoms with Crippen LogP contribution in [0.25, 0.3) is 0 Å². The molecule has 2 nitrogen and oxygen atoms in total. The van der Waals surface area contributed by atoms with E-state index in [-0.39, 0.29) is 0 Å². The summed E-state index contributed by atoms with van der Waals surface area (Å²) in [5.74, 6) is 0. The van der Waals surface area contributed by atoms with Gasteiger partial charge in [-0.25, -0.2) is 0 Å². The van der Waals surface area contributed by atoms with Gasteiger partial charge in [0.05, 0.1) is 0 Å². The predicted octanol–water partition coefficient (Wildman–Crippen LogP) is -0.737. The Bertz CT molecular complexity index is 27.5. The van der Waals surface area contributed by atoms with Crippen LogP contribution in [0.2, 0.25) is 0 Å². The zero-order valence-corrected chi connectivity index (χ0v) is 6.05. The maximum Gasteiger partial charge on any atom is 0.181 e. The van der Waals surface area contributed by atoms with E-state index in [0.29, 0.717) is 0 Å². The maximum atomic E-state index is 4.94. The number of nitrogens with zero attached hydrogens (tertiary/aromatic N) is 2. The van der Waals surface area contributed by atoms with E-state index in [9.17, 15) is 0 Å². The lowest BCUT2D eigenvalue weighted by molar-refractivity contribution is 0.679. The molecule has 0 unspecified atom stereocenters. The average molecular weight is 110 g/mol. The van der Waals surface area contributed by atoms with Crippen molar-refractivity contribution in [2.45, 2.75) is 0 Å². The van der Waals surface area contributed by atoms with Crippen LogP contribution in [0, 0.1) is 0 Å². The Hall–Kier alpha value is 0.0499. The molecule has 0 spiro atoms. The van der Waals surface area contributed by atoms with Crippen molar-refractivity contribution in [1.29, 1.82) is 0 Å². The summed E-state index contributed by atoms with van der Waals surface area (Å²) in [4.78, 5) is 3.00. The van der Waals surface area contributed by atoms with E-state index in [1.54, 1.807) is 28.2 Å². The van der Waals surface area contributed by atoms with Crippen molar-refractivity contribution in [2.75, 3.05) is 28.2 Å². The third-order valence-corrected chi connectivity index (χ3v) is 0. The van der Waals surface area contributed by atoms with Crippen LogP contribution in [-0.4, -0.2) is 53.8 Å². The van der Waals surface area contributed by atoms with Gasteiger partial charge in [-0.15, -0.1) is 0 Å². The van der Waals surface area contributed by atoms with Crippen LogP contribution in [0.1, 0.15) is 0 Å². The van der Waals surface area contributed by atoms with E-state index in [1.807, 2.05) is 0 Å². The quantitative estimate of drug-likeness (QED) is 0.379. The first-order valence-corrected chi connectivity index (χ1v) is 2.31. The van der Waals surface area contributed by atoms with Crippen LogP contribution >= 0.6 is 0 Å². The van der Waals surface area contributed by atoms with Gasteiger partial charge in [0, 0.05) is 0 Å². The van der Waals surface area contributed by atoms with Gasteiger partial charge in [0.2, 0.25) is 0 Å². The molecule has 0 rings (SSSR count). The van der Waals surface area contributed by atoms with Gasteiger partial charge in [0.1, 0.15) is 0 Å². The Morgan fingerprint density at radius 3 is 0.750 bits per heavy atom. The van der Waals surface area contributed by atoms with Crippen LogP contribution in [0.15, 0.2) is 0 Å². The summed E-state index contributed by atoms with van der Waals surface area (Å²) in [5.41, 5.74) is 0. The molecule has 0 saturated heterocycles. The molecule has 0 heterocycles. The highest BCUT2D eigenvalue weighted by Gasteiger charge is 1.59. The van der Waals surface area contributed by atoms with Crippen molar-refractivity contribution < 1.29 is 0 Å². The highest BCUT2D eigenvalue weighted by molar-refractivity contribution is 6.04. The van der Waals surface area contributed by atoms with Gasteiger partial charge < -0.3 is 9.62 Å². The topological polar surface area (TPSA) is 6.48 Å². The minimum absolute atomic E-state index is 1.50. The van der Waals surface area contributed by atoms with Gasteiger partial charge in [-0.1, -0.05) is 0 Å². The highest BCUT2D eigenvalue weighted by Crippen LogP contribution is 1.45. The molecule has 4 heteroatoms. The summed E-state index contributed by atoms with van der Waals surface area (Å²) in [5, 5.41) is 0. The molecular formula is C4H12B2N2. The third kappa shape index (κ3) is 62000. The zero-order chi connectivity index (χ0) is 7.15. The molecule has 0 bridgehead atoms. The molecule has 0 saturated carbocycles. The van der Waals surface area contributed by atoms with Crippen LogP contribution in [0.5, 0.6) is 0 Å². The van der Waals surface area contributed by atoms with Gasteiger partial charge in [0.15, 0.2) is 16.0 Å². The summed E-state index contributed by atoms with van der Waals surface area (Å²) in [7, 11) is 17.0. The number of rotatable bonds is 0. The Kier molecular flexibility index (Phi) is 9.63. The molecular weight excluding hydrogens is 97.7 g/mol. The van der Waals surface area contributed by atoms with Crippen LogP contribution in [0.4, 0.5) is 0 Å². The molecule has 8 heavy (non-hydrogen) atoms. The van der Waals surface area contributed by atoms with E-state index >= 15 is 0 Å². The average Bonchev–Trinajstić information content (AvgIpc) is 1.25. The predicted molar refractivity (Wildman–Crippen MR) is 38.9 cm³/mol. The van der Waals surface area contributed by atoms with Crippen molar-refractivity contribution >= 4 is 16.0 Å². The molecule has 0 aliphatic rings. The zero-order valence-electron chi connectivity index (χ0n) is 6.05. The summed E-state index contributed by atoms with van der Waals surface area (Å²) >= 11 is 0. The second-order valence-corrected chi connectivity index (χ2v) is 1.93. The highest BCUT2D eigenvalue weighted by atomic mass is 14.9. The Morgan fingerprint density at radius 1 is 0.750 bits per heavy atom. The molecule has 0 amide bonds. The van der Waals surface area contributed by atoms with Crippen molar-refractivity contribution in [3.63, 3.8) is 0 Å². The molecule has 0 fully saturated rings. The van der Waals surface area contributed by atoms with E-state index in [1.165, 1.54) is 9.62 Å². The minimum atomic E-state index is 1.50. The standard InChI is InChI=1S/2C2H6BN/c2*1-4(2)3/h2*1-2H3. The summed E-state index contributed by atoms with van der Waals surface area (Å²) in [6, 6.07) is 0. The number of hydrogen-bond donors (Lipinski definition) is 0. The van der Waals surface area contributed by atoms with E-state index < -0.39 is 0 Å². The monoisotopic (exact) mass is 110 g/mol. The van der Waals surface area contributed by atoms with E-state index in [0.717, 1.165) is 0 Å². The Morgan fingerprint density at radius 2 is 0.750 bits per heavy atom. The fraction of sp³-hybridized carbons (Fsp3) is 1.00. The second-order valence-electron chi connectivity index (χ2n) is 1.93. The smallest absolute Gasteiger partial charge is 0.181 e. The van der Waals surface area contributed by atoms with Crippen molar-refractivity contribution in [1.82, 2.24) is 9.62 Å². The molecule has 0 aliphatic carbocycles. The lowest BCUT2D eigenvalue weighted by Gasteiger charge is -1.90. The lowest BCUT2D eigenvalue weighted by atomic mass is 10.4. The van der Waals surface area contributed by atoms with Gasteiger partial charge in [0.25, 0.3) is 0 Å². The lowest BCUT2D eigenvalue weighted by Crippen LogP contribution is -2.02. The Balaban J connectivity index is 0. The molecule has 4 radical (unpaired) electrons. The van der Waals surface area contributed by atoms with Crippen LogP contribution < -0.4 is 0 Å². The van der Waals surface area contributed by atoms with Crippen LogP contribution in [-0.2, 0) is 0 Å². The maximum absolute atomic E-state index is 4.94. The SMILES string of the molecule is [B]N(C)C.[B]N(C)C. The van der Waals surface area contributed by atoms with Crippen molar-refractivity contribution in [2.24, 2.45) is 0 Å². The molecule has 44 valence electrons. The molecule has 0 aliphatic heterocycles. The third-order valence-electron chi connectivity index (χ3n) is 0. The normalized spacial score (nSPS) is 8.75. The summed E-state index contributed by atoms with van der Waals surface area (Å²) < 4.78 is 0. The molecule has 0 aromatic heterocycles. The van der Waals surface area contributed by atoms with Crippen molar-refractivity contribution in [3.8, 4) is 0 Å². The molecule has 0 N–H and O–H groups in total. The van der Waals surface area contributed by atoms with E-state index in [2.05, 4.69) is 0 Å². The van der Waals surface area contributed by atoms with Gasteiger partial charge in [-0.2, -0.15) is 0 Å². The first kappa shape index (κ1) is 10.9. The van der Waals surface area contributed by atoms with Gasteiger partial charge in [-0.3, -0.25) is 0 Å². The first-order valence-electron chi connectivity index (χ1n) is 2.31. The van der Waals surface area contributed by atoms with Gasteiger partial charge in [-0.05, 0) is 28.2 Å². The molecule has 0 atom stereocenters. The fourth-order valence-corrected chi connectivity index (χ4v) is 0. The molecule has 0 aromatic carbocycles. The Labute approximate surface area is 54.7 Å². The first-order chi connectivity index (χ1) is 3.46. The van der Waals surface area contributed by atoms with E-state index in [4.69, 9.17) is 16.0 Å². The van der Waals surface area contributed by atoms with Gasteiger partial charge >= 0.3 is 0 Å². The van der Waals surface area contributed by atoms with Crippen molar-refractivity contribution in [3.05, 3.63) is 0 Å². The second kappa shape index (κ2) is 7.05. The summed E-state index contributed by atoms with van der Waals surface area (Å²) in [6.07, 6.45) is 0. The minimum Gasteiger partial charge on any atom is -0.359 e. The number of hydrogen-bond acceptors (Lipinski definition) is 2. The summed E-state index contributed by atoms with van der Waals surface area (Å²) in [6.45, 7) is 0.